The van der Waals surface area contributed by atoms with Crippen molar-refractivity contribution >= 4 is 11.9 Å². The normalized spacial score (nSPS) is 15.6. The molecule has 4 rings (SSSR count). The largest absolute Gasteiger partial charge is 0.465 e. The number of ether oxygens (including phenoxy) is 3. The number of hydrogen-bond acceptors (Lipinski definition) is 5. The van der Waals surface area contributed by atoms with Crippen LogP contribution in [-0.4, -0.2) is 37.2 Å². The summed E-state index contributed by atoms with van der Waals surface area (Å²) in [5.41, 5.74) is 1.64. The van der Waals surface area contributed by atoms with E-state index in [1.807, 2.05) is 23.1 Å². The molecule has 1 fully saturated rings. The van der Waals surface area contributed by atoms with Crippen LogP contribution in [0.2, 0.25) is 0 Å². The van der Waals surface area contributed by atoms with Crippen LogP contribution >= 0.6 is 0 Å². The van der Waals surface area contributed by atoms with E-state index in [9.17, 15) is 9.59 Å². The summed E-state index contributed by atoms with van der Waals surface area (Å²) in [5, 5.41) is 0. The number of carbonyl (C=O) groups excluding carboxylic acids is 2. The van der Waals surface area contributed by atoms with E-state index in [2.05, 4.69) is 0 Å². The maximum Gasteiger partial charge on any atom is 0.338 e. The van der Waals surface area contributed by atoms with E-state index in [4.69, 9.17) is 14.2 Å². The SMILES string of the molecule is COC(=O)c1ccccc1C(=O)N(Cc1ccc2c(c1)OCO2)CC1CCCCC1. The molecule has 0 N–H and O–H groups in total. The third-order valence-electron chi connectivity index (χ3n) is 5.86. The summed E-state index contributed by atoms with van der Waals surface area (Å²) in [4.78, 5) is 27.6. The van der Waals surface area contributed by atoms with Gasteiger partial charge >= 0.3 is 5.97 Å². The number of amides is 1. The van der Waals surface area contributed by atoms with Gasteiger partial charge in [0.05, 0.1) is 18.2 Å². The first-order valence-corrected chi connectivity index (χ1v) is 10.5. The van der Waals surface area contributed by atoms with Gasteiger partial charge in [0.15, 0.2) is 11.5 Å². The fourth-order valence-electron chi connectivity index (χ4n) is 4.29. The molecule has 6 heteroatoms. The lowest BCUT2D eigenvalue weighted by molar-refractivity contribution is 0.0585. The Morgan fingerprint density at radius 1 is 1.00 bits per heavy atom. The Bertz CT molecular complexity index is 920. The number of nitrogens with zero attached hydrogens (tertiary/aromatic N) is 1. The molecule has 158 valence electrons. The van der Waals surface area contributed by atoms with E-state index in [0.717, 1.165) is 24.2 Å². The molecule has 0 unspecified atom stereocenters. The third-order valence-corrected chi connectivity index (χ3v) is 5.86. The average Bonchev–Trinajstić information content (AvgIpc) is 3.26. The second-order valence-corrected chi connectivity index (χ2v) is 7.91. The summed E-state index contributed by atoms with van der Waals surface area (Å²) in [6.07, 6.45) is 5.93. The first-order valence-electron chi connectivity index (χ1n) is 10.5. The number of methoxy groups -OCH3 is 1. The Morgan fingerprint density at radius 2 is 1.73 bits per heavy atom. The zero-order chi connectivity index (χ0) is 20.9. The Hall–Kier alpha value is -3.02. The van der Waals surface area contributed by atoms with Crippen LogP contribution in [-0.2, 0) is 11.3 Å². The molecule has 2 aromatic rings. The lowest BCUT2D eigenvalue weighted by Gasteiger charge is -2.30. The minimum atomic E-state index is -0.500. The van der Waals surface area contributed by atoms with Gasteiger partial charge in [0.2, 0.25) is 6.79 Å². The molecule has 1 saturated carbocycles. The number of carbonyl (C=O) groups is 2. The van der Waals surface area contributed by atoms with Crippen LogP contribution in [0.4, 0.5) is 0 Å². The van der Waals surface area contributed by atoms with Crippen molar-refractivity contribution in [3.63, 3.8) is 0 Å². The van der Waals surface area contributed by atoms with Crippen molar-refractivity contribution in [2.45, 2.75) is 38.6 Å². The van der Waals surface area contributed by atoms with Crippen molar-refractivity contribution in [3.8, 4) is 11.5 Å². The Morgan fingerprint density at radius 3 is 2.50 bits per heavy atom. The van der Waals surface area contributed by atoms with E-state index in [1.54, 1.807) is 24.3 Å². The van der Waals surface area contributed by atoms with Crippen molar-refractivity contribution in [3.05, 3.63) is 59.2 Å². The van der Waals surface area contributed by atoms with Gasteiger partial charge in [-0.3, -0.25) is 4.79 Å². The number of rotatable bonds is 6. The lowest BCUT2D eigenvalue weighted by Crippen LogP contribution is -2.36. The Kier molecular flexibility index (Phi) is 6.21. The number of benzene rings is 2. The maximum absolute atomic E-state index is 13.6. The Balaban J connectivity index is 1.61. The highest BCUT2D eigenvalue weighted by atomic mass is 16.7. The number of hydrogen-bond donors (Lipinski definition) is 0. The van der Waals surface area contributed by atoms with E-state index in [0.29, 0.717) is 35.9 Å². The second kappa shape index (κ2) is 9.20. The molecule has 0 aromatic heterocycles. The van der Waals surface area contributed by atoms with Gasteiger partial charge in [0.1, 0.15) is 0 Å². The highest BCUT2D eigenvalue weighted by Gasteiger charge is 2.26. The summed E-state index contributed by atoms with van der Waals surface area (Å²) in [6.45, 7) is 1.33. The summed E-state index contributed by atoms with van der Waals surface area (Å²) in [5.74, 6) is 1.24. The van der Waals surface area contributed by atoms with Gasteiger partial charge in [0.25, 0.3) is 5.91 Å². The molecule has 1 amide bonds. The zero-order valence-electron chi connectivity index (χ0n) is 17.3. The van der Waals surface area contributed by atoms with Gasteiger partial charge < -0.3 is 19.1 Å². The molecule has 6 nitrogen and oxygen atoms in total. The smallest absolute Gasteiger partial charge is 0.338 e. The van der Waals surface area contributed by atoms with Crippen LogP contribution in [0.1, 0.15) is 58.4 Å². The third kappa shape index (κ3) is 4.42. The van der Waals surface area contributed by atoms with Crippen molar-refractivity contribution in [1.82, 2.24) is 4.90 Å². The van der Waals surface area contributed by atoms with Crippen LogP contribution < -0.4 is 9.47 Å². The van der Waals surface area contributed by atoms with Gasteiger partial charge in [-0.2, -0.15) is 0 Å². The fourth-order valence-corrected chi connectivity index (χ4v) is 4.29. The number of fused-ring (bicyclic) bond motifs is 1. The molecule has 2 aliphatic rings. The van der Waals surface area contributed by atoms with E-state index in [-0.39, 0.29) is 12.7 Å². The maximum atomic E-state index is 13.6. The van der Waals surface area contributed by atoms with Crippen molar-refractivity contribution in [2.24, 2.45) is 5.92 Å². The fraction of sp³-hybridized carbons (Fsp3) is 0.417. The predicted molar refractivity (Wildman–Crippen MR) is 112 cm³/mol. The molecule has 0 atom stereocenters. The zero-order valence-corrected chi connectivity index (χ0v) is 17.3. The molecule has 0 spiro atoms. The first-order chi connectivity index (χ1) is 14.7. The van der Waals surface area contributed by atoms with Crippen LogP contribution in [0.15, 0.2) is 42.5 Å². The summed E-state index contributed by atoms with van der Waals surface area (Å²) < 4.78 is 15.8. The molecule has 30 heavy (non-hydrogen) atoms. The topological polar surface area (TPSA) is 65.1 Å². The summed E-state index contributed by atoms with van der Waals surface area (Å²) in [7, 11) is 1.33. The Labute approximate surface area is 176 Å². The van der Waals surface area contributed by atoms with Crippen LogP contribution in [0, 0.1) is 5.92 Å². The average molecular weight is 409 g/mol. The van der Waals surface area contributed by atoms with E-state index < -0.39 is 5.97 Å². The molecular formula is C24H27NO5. The molecule has 1 aliphatic carbocycles. The minimum absolute atomic E-state index is 0.153. The summed E-state index contributed by atoms with van der Waals surface area (Å²) >= 11 is 0. The highest BCUT2D eigenvalue weighted by Crippen LogP contribution is 2.33. The van der Waals surface area contributed by atoms with Crippen molar-refractivity contribution in [1.29, 1.82) is 0 Å². The van der Waals surface area contributed by atoms with Crippen molar-refractivity contribution in [2.75, 3.05) is 20.4 Å². The van der Waals surface area contributed by atoms with Gasteiger partial charge in [-0.15, -0.1) is 0 Å². The molecular weight excluding hydrogens is 382 g/mol. The monoisotopic (exact) mass is 409 g/mol. The molecule has 0 bridgehead atoms. The molecule has 1 heterocycles. The first kappa shape index (κ1) is 20.3. The van der Waals surface area contributed by atoms with Gasteiger partial charge in [0, 0.05) is 13.1 Å². The molecule has 1 aliphatic heterocycles. The minimum Gasteiger partial charge on any atom is -0.465 e. The van der Waals surface area contributed by atoms with E-state index >= 15 is 0 Å². The van der Waals surface area contributed by atoms with Gasteiger partial charge in [-0.25, -0.2) is 4.79 Å². The van der Waals surface area contributed by atoms with Crippen LogP contribution in [0.5, 0.6) is 11.5 Å². The quantitative estimate of drug-likeness (QED) is 0.661. The van der Waals surface area contributed by atoms with Crippen LogP contribution in [0.3, 0.4) is 0 Å². The second-order valence-electron chi connectivity index (χ2n) is 7.91. The predicted octanol–water partition coefficient (Wildman–Crippen LogP) is 4.42. The lowest BCUT2D eigenvalue weighted by atomic mass is 9.88. The highest BCUT2D eigenvalue weighted by molar-refractivity contribution is 6.05. The van der Waals surface area contributed by atoms with Crippen LogP contribution in [0.25, 0.3) is 0 Å². The standard InChI is InChI=1S/C24H27NO5/c1-28-24(27)20-10-6-5-9-19(20)23(26)25(14-17-7-3-2-4-8-17)15-18-11-12-21-22(13-18)30-16-29-21/h5-6,9-13,17H,2-4,7-8,14-16H2,1H3. The van der Waals surface area contributed by atoms with Crippen molar-refractivity contribution < 1.29 is 23.8 Å². The van der Waals surface area contributed by atoms with E-state index in [1.165, 1.54) is 26.4 Å². The summed E-state index contributed by atoms with van der Waals surface area (Å²) in [6, 6.07) is 12.6. The van der Waals surface area contributed by atoms with Gasteiger partial charge in [-0.1, -0.05) is 37.5 Å². The van der Waals surface area contributed by atoms with Gasteiger partial charge in [-0.05, 0) is 48.6 Å². The molecule has 0 radical (unpaired) electrons. The number of esters is 1. The molecule has 2 aromatic carbocycles. The molecule has 0 saturated heterocycles.